The molecule has 8 nitrogen and oxygen atoms in total. The number of fused-ring (bicyclic) bond motifs is 2. The van der Waals surface area contributed by atoms with Gasteiger partial charge in [0.05, 0.1) is 42.8 Å². The largest absolute Gasteiger partial charge is 0.495 e. The summed E-state index contributed by atoms with van der Waals surface area (Å²) in [5, 5.41) is 13.9. The number of benzene rings is 1. The monoisotopic (exact) mass is 547 g/mol. The van der Waals surface area contributed by atoms with Crippen molar-refractivity contribution in [2.45, 2.75) is 29.2 Å². The maximum atomic E-state index is 14.6. The molecule has 1 fully saturated rings. The molecule has 4 aromatic rings. The third-order valence-corrected chi connectivity index (χ3v) is 7.05. The summed E-state index contributed by atoms with van der Waals surface area (Å²) in [6, 6.07) is 6.46. The van der Waals surface area contributed by atoms with Crippen molar-refractivity contribution in [1.82, 2.24) is 24.5 Å². The second-order valence-electron chi connectivity index (χ2n) is 8.91. The highest BCUT2D eigenvalue weighted by Crippen LogP contribution is 2.39. The molecule has 0 aliphatic carbocycles. The number of aromatic amines is 1. The van der Waals surface area contributed by atoms with Gasteiger partial charge in [-0.15, -0.1) is 0 Å². The Morgan fingerprint density at radius 1 is 1.29 bits per heavy atom. The summed E-state index contributed by atoms with van der Waals surface area (Å²) < 4.78 is 61.7. The predicted octanol–water partition coefficient (Wildman–Crippen LogP) is 4.75. The number of methoxy groups -OCH3 is 1. The lowest BCUT2D eigenvalue weighted by atomic mass is 10.0. The van der Waals surface area contributed by atoms with Crippen molar-refractivity contribution in [2.75, 3.05) is 44.4 Å². The van der Waals surface area contributed by atoms with E-state index in [-0.39, 0.29) is 41.2 Å². The van der Waals surface area contributed by atoms with E-state index in [1.807, 2.05) is 24.1 Å². The molecule has 0 bridgehead atoms. The molecule has 1 aliphatic heterocycles. The van der Waals surface area contributed by atoms with Crippen molar-refractivity contribution >= 4 is 39.7 Å². The molecule has 0 unspecified atom stereocenters. The molecule has 3 aromatic heterocycles. The number of H-pyrrole nitrogens is 1. The minimum absolute atomic E-state index is 0.0143. The number of likely N-dealkylation sites (tertiary alicyclic amines) is 1. The predicted molar refractivity (Wildman–Crippen MR) is 140 cm³/mol. The van der Waals surface area contributed by atoms with Gasteiger partial charge in [0.1, 0.15) is 22.6 Å². The Labute approximate surface area is 220 Å². The molecule has 0 saturated carbocycles. The van der Waals surface area contributed by atoms with E-state index in [4.69, 9.17) is 4.74 Å². The van der Waals surface area contributed by atoms with Crippen LogP contribution < -0.4 is 15.4 Å². The quantitative estimate of drug-likeness (QED) is 0.183. The van der Waals surface area contributed by atoms with E-state index >= 15 is 0 Å². The number of piperidine rings is 1. The highest BCUT2D eigenvalue weighted by Gasteiger charge is 2.33. The molecule has 1 aromatic carbocycles. The Kier molecular flexibility index (Phi) is 7.27. The van der Waals surface area contributed by atoms with Gasteiger partial charge in [-0.25, -0.2) is 9.37 Å². The summed E-state index contributed by atoms with van der Waals surface area (Å²) in [6.07, 6.45) is 2.62. The van der Waals surface area contributed by atoms with Crippen molar-refractivity contribution < 1.29 is 22.3 Å². The van der Waals surface area contributed by atoms with Crippen LogP contribution in [0.2, 0.25) is 0 Å². The number of alkyl halides is 4. The Morgan fingerprint density at radius 3 is 2.89 bits per heavy atom. The lowest BCUT2D eigenvalue weighted by molar-refractivity contribution is -0.0329. The Morgan fingerprint density at radius 2 is 2.13 bits per heavy atom. The number of hydrogen-bond donors (Lipinski definition) is 3. The molecule has 3 N–H and O–H groups in total. The van der Waals surface area contributed by atoms with Gasteiger partial charge in [0, 0.05) is 36.4 Å². The third kappa shape index (κ3) is 5.61. The van der Waals surface area contributed by atoms with Crippen molar-refractivity contribution in [3.8, 4) is 17.6 Å². The van der Waals surface area contributed by atoms with Crippen LogP contribution in [0.3, 0.4) is 0 Å². The number of thioether (sulfide) groups is 1. The zero-order valence-electron chi connectivity index (χ0n) is 20.6. The van der Waals surface area contributed by atoms with Crippen LogP contribution in [0.15, 0.2) is 41.7 Å². The van der Waals surface area contributed by atoms with E-state index in [9.17, 15) is 17.6 Å². The Hall–Kier alpha value is -3.63. The molecule has 0 spiro atoms. The highest BCUT2D eigenvalue weighted by atomic mass is 32.2. The van der Waals surface area contributed by atoms with Crippen LogP contribution in [0.5, 0.6) is 5.75 Å². The summed E-state index contributed by atoms with van der Waals surface area (Å²) in [5.41, 5.74) is -2.39. The average Bonchev–Trinajstić information content (AvgIpc) is 3.46. The molecule has 5 rings (SSSR count). The Bertz CT molecular complexity index is 1510. The number of pyridine rings is 1. The van der Waals surface area contributed by atoms with Gasteiger partial charge in [0.25, 0.3) is 0 Å². The van der Waals surface area contributed by atoms with Gasteiger partial charge in [-0.1, -0.05) is 5.92 Å². The maximum absolute atomic E-state index is 14.6. The second kappa shape index (κ2) is 10.6. The van der Waals surface area contributed by atoms with Crippen LogP contribution in [0.25, 0.3) is 16.6 Å². The van der Waals surface area contributed by atoms with Crippen LogP contribution in [0, 0.1) is 11.8 Å². The summed E-state index contributed by atoms with van der Waals surface area (Å²) in [7, 11) is 3.39. The molecule has 4 heterocycles. The second-order valence-corrected chi connectivity index (χ2v) is 9.97. The van der Waals surface area contributed by atoms with E-state index in [1.54, 1.807) is 18.3 Å². The summed E-state index contributed by atoms with van der Waals surface area (Å²) in [5.74, 6) is 6.22. The zero-order valence-corrected chi connectivity index (χ0v) is 21.4. The zero-order chi connectivity index (χ0) is 26.9. The molecule has 1 saturated heterocycles. The first-order valence-electron chi connectivity index (χ1n) is 11.8. The van der Waals surface area contributed by atoms with Crippen LogP contribution in [-0.4, -0.2) is 76.0 Å². The molecule has 2 atom stereocenters. The van der Waals surface area contributed by atoms with E-state index in [0.29, 0.717) is 30.1 Å². The lowest BCUT2D eigenvalue weighted by Crippen LogP contribution is -2.46. The van der Waals surface area contributed by atoms with Crippen LogP contribution >= 0.6 is 11.8 Å². The minimum atomic E-state index is -4.54. The number of imidazole rings is 1. The standard InChI is InChI=1S/C25H25F4N7OS/c1-35-10-7-17(16(26)14-35)32-18-6-4-9-36-23(18)33-19(24(36)38-25(27,28)29)5-3-8-30-21-12-20-15(13-31-34-20)11-22(21)37-2/h4,6,9,11-13,16-17,30,32H,7-8,10,14H2,1-2H3,(H,31,34)/t16-,17+/m0/s1. The normalized spacial score (nSPS) is 18.4. The number of nitrogens with zero attached hydrogens (tertiary/aromatic N) is 4. The number of halogens is 4. The molecule has 200 valence electrons. The summed E-state index contributed by atoms with van der Waals surface area (Å²) in [6.45, 7) is 1.13. The van der Waals surface area contributed by atoms with Gasteiger partial charge in [-0.05, 0) is 43.7 Å². The number of anilines is 2. The van der Waals surface area contributed by atoms with Gasteiger partial charge in [-0.2, -0.15) is 18.3 Å². The highest BCUT2D eigenvalue weighted by molar-refractivity contribution is 8.00. The van der Waals surface area contributed by atoms with E-state index in [1.165, 1.54) is 17.7 Å². The lowest BCUT2D eigenvalue weighted by Gasteiger charge is -2.33. The van der Waals surface area contributed by atoms with Crippen molar-refractivity contribution in [1.29, 1.82) is 0 Å². The number of aromatic nitrogens is 4. The van der Waals surface area contributed by atoms with Gasteiger partial charge in [0.2, 0.25) is 0 Å². The molecule has 0 amide bonds. The summed E-state index contributed by atoms with van der Waals surface area (Å²) in [4.78, 5) is 6.33. The topological polar surface area (TPSA) is 82.5 Å². The first-order valence-corrected chi connectivity index (χ1v) is 12.6. The maximum Gasteiger partial charge on any atom is 0.447 e. The SMILES string of the molecule is COc1cc2cn[nH]c2cc1NCC#Cc1nc2c(N[C@@H]3CCN(C)C[C@@H]3F)cccn2c1SC(F)(F)F. The smallest absolute Gasteiger partial charge is 0.447 e. The van der Waals surface area contributed by atoms with Gasteiger partial charge in [0.15, 0.2) is 5.65 Å². The summed E-state index contributed by atoms with van der Waals surface area (Å²) >= 11 is -0.280. The molecular formula is C25H25F4N7OS. The van der Waals surface area contributed by atoms with E-state index in [2.05, 4.69) is 37.7 Å². The van der Waals surface area contributed by atoms with Gasteiger partial charge >= 0.3 is 5.51 Å². The van der Waals surface area contributed by atoms with Crippen molar-refractivity contribution in [3.05, 3.63) is 42.4 Å². The number of nitrogens with one attached hydrogen (secondary N) is 3. The average molecular weight is 548 g/mol. The van der Waals surface area contributed by atoms with Crippen LogP contribution in [-0.2, 0) is 0 Å². The van der Waals surface area contributed by atoms with Gasteiger partial charge < -0.3 is 20.3 Å². The molecule has 0 radical (unpaired) electrons. The first kappa shape index (κ1) is 26.0. The fourth-order valence-corrected chi connectivity index (χ4v) is 5.07. The van der Waals surface area contributed by atoms with Crippen LogP contribution in [0.4, 0.5) is 28.9 Å². The fraction of sp³-hybridized carbons (Fsp3) is 0.360. The number of ether oxygens (including phenoxy) is 1. The minimum Gasteiger partial charge on any atom is -0.495 e. The van der Waals surface area contributed by atoms with Gasteiger partial charge in [-0.3, -0.25) is 9.50 Å². The molecule has 13 heteroatoms. The van der Waals surface area contributed by atoms with Crippen LogP contribution in [0.1, 0.15) is 12.1 Å². The number of hydrogen-bond acceptors (Lipinski definition) is 7. The fourth-order valence-electron chi connectivity index (χ4n) is 4.41. The number of rotatable bonds is 6. The third-order valence-electron chi connectivity index (χ3n) is 6.24. The molecular weight excluding hydrogens is 522 g/mol. The molecule has 38 heavy (non-hydrogen) atoms. The van der Waals surface area contributed by atoms with E-state index in [0.717, 1.165) is 10.9 Å². The Balaban J connectivity index is 1.42. The first-order chi connectivity index (χ1) is 18.2. The van der Waals surface area contributed by atoms with Crippen molar-refractivity contribution in [3.63, 3.8) is 0 Å². The molecule has 1 aliphatic rings. The van der Waals surface area contributed by atoms with E-state index < -0.39 is 17.7 Å². The van der Waals surface area contributed by atoms with Crippen molar-refractivity contribution in [2.24, 2.45) is 0 Å².